The van der Waals surface area contributed by atoms with Gasteiger partial charge in [-0.3, -0.25) is 0 Å². The number of rotatable bonds is 4. The summed E-state index contributed by atoms with van der Waals surface area (Å²) < 4.78 is 0. The Kier molecular flexibility index (Phi) is 4.64. The number of carbonyl (C=O) groups is 1. The lowest BCUT2D eigenvalue weighted by molar-refractivity contribution is 0.0522. The van der Waals surface area contributed by atoms with E-state index in [0.717, 1.165) is 21.1 Å². The van der Waals surface area contributed by atoms with E-state index >= 15 is 0 Å². The molecule has 0 saturated heterocycles. The molecule has 0 aliphatic carbocycles. The Morgan fingerprint density at radius 2 is 1.96 bits per heavy atom. The molecule has 4 nitrogen and oxygen atoms in total. The van der Waals surface area contributed by atoms with Gasteiger partial charge in [-0.15, -0.1) is 22.7 Å². The van der Waals surface area contributed by atoms with E-state index in [0.29, 0.717) is 10.6 Å². The number of thiazole rings is 1. The lowest BCUT2D eigenvalue weighted by atomic mass is 10.2. The third kappa shape index (κ3) is 3.55. The van der Waals surface area contributed by atoms with Crippen molar-refractivity contribution in [3.63, 3.8) is 0 Å². The molecule has 0 radical (unpaired) electrons. The summed E-state index contributed by atoms with van der Waals surface area (Å²) >= 11 is 2.87. The highest BCUT2D eigenvalue weighted by atomic mass is 32.1. The fourth-order valence-electron chi connectivity index (χ4n) is 2.03. The van der Waals surface area contributed by atoms with Crippen LogP contribution in [0.4, 0.5) is 0 Å². The minimum atomic E-state index is -0.440. The summed E-state index contributed by atoms with van der Waals surface area (Å²) in [5, 5.41) is 6.72. The van der Waals surface area contributed by atoms with Gasteiger partial charge in [0.1, 0.15) is 9.88 Å². The summed E-state index contributed by atoms with van der Waals surface area (Å²) in [5.41, 5.74) is 2.59. The molecule has 0 aliphatic rings. The second-order valence-electron chi connectivity index (χ2n) is 4.83. The average molecular weight is 342 g/mol. The molecular formula is C17H14N2O2S2. The van der Waals surface area contributed by atoms with E-state index < -0.39 is 5.97 Å². The van der Waals surface area contributed by atoms with E-state index in [1.165, 1.54) is 22.7 Å². The molecule has 1 aromatic carbocycles. The van der Waals surface area contributed by atoms with E-state index in [9.17, 15) is 4.79 Å². The second kappa shape index (κ2) is 6.85. The summed E-state index contributed by atoms with van der Waals surface area (Å²) in [6.07, 6.45) is 0. The van der Waals surface area contributed by atoms with Crippen LogP contribution < -0.4 is 0 Å². The number of aryl methyl sites for hydroxylation is 1. The number of aromatic nitrogens is 1. The smallest absolute Gasteiger partial charge is 0.312 e. The zero-order valence-corrected chi connectivity index (χ0v) is 14.3. The lowest BCUT2D eigenvalue weighted by Crippen LogP contribution is -2.02. The average Bonchev–Trinajstić information content (AvgIpc) is 3.23. The molecule has 0 aliphatic heterocycles. The van der Waals surface area contributed by atoms with E-state index in [-0.39, 0.29) is 0 Å². The van der Waals surface area contributed by atoms with Crippen LogP contribution in [0.1, 0.15) is 27.2 Å². The van der Waals surface area contributed by atoms with Crippen molar-refractivity contribution in [1.82, 2.24) is 4.98 Å². The molecule has 0 saturated carbocycles. The molecule has 0 bridgehead atoms. The van der Waals surface area contributed by atoms with Crippen LogP contribution in [-0.2, 0) is 4.84 Å². The number of oxime groups is 1. The number of carbonyl (C=O) groups excluding carboxylic acids is 1. The molecule has 3 aromatic rings. The summed E-state index contributed by atoms with van der Waals surface area (Å²) in [5.74, 6) is -0.440. The monoisotopic (exact) mass is 342 g/mol. The fourth-order valence-corrected chi connectivity index (χ4v) is 3.63. The molecular weight excluding hydrogens is 328 g/mol. The quantitative estimate of drug-likeness (QED) is 0.390. The van der Waals surface area contributed by atoms with Gasteiger partial charge in [0.2, 0.25) is 0 Å². The first-order valence-corrected chi connectivity index (χ1v) is 8.67. The topological polar surface area (TPSA) is 51.5 Å². The zero-order valence-electron chi connectivity index (χ0n) is 12.6. The van der Waals surface area contributed by atoms with Gasteiger partial charge in [-0.05, 0) is 25.3 Å². The minimum Gasteiger partial charge on any atom is -0.312 e. The van der Waals surface area contributed by atoms with Crippen molar-refractivity contribution in [2.45, 2.75) is 13.8 Å². The Bertz CT molecular complexity index is 837. The maximum atomic E-state index is 11.8. The molecule has 0 fully saturated rings. The van der Waals surface area contributed by atoms with Gasteiger partial charge >= 0.3 is 5.97 Å². The molecule has 3 rings (SSSR count). The molecule has 0 unspecified atom stereocenters. The first-order valence-electron chi connectivity index (χ1n) is 6.98. The Hall–Kier alpha value is -2.31. The van der Waals surface area contributed by atoms with Gasteiger partial charge in [0, 0.05) is 5.56 Å². The number of nitrogens with zero attached hydrogens (tertiary/aromatic N) is 2. The van der Waals surface area contributed by atoms with Crippen LogP contribution in [0.25, 0.3) is 10.6 Å². The Labute approximate surface area is 142 Å². The SMILES string of the molecule is C/C(=N/OC(=O)c1cccs1)c1sc(-c2ccccc2)nc1C. The molecule has 6 heteroatoms. The first-order chi connectivity index (χ1) is 11.1. The van der Waals surface area contributed by atoms with Crippen molar-refractivity contribution in [3.05, 3.63) is 63.3 Å². The Morgan fingerprint density at radius 1 is 1.17 bits per heavy atom. The van der Waals surface area contributed by atoms with Crippen LogP contribution in [0.15, 0.2) is 53.0 Å². The third-order valence-corrected chi connectivity index (χ3v) is 5.30. The van der Waals surface area contributed by atoms with Gasteiger partial charge < -0.3 is 4.84 Å². The number of hydrogen-bond acceptors (Lipinski definition) is 6. The van der Waals surface area contributed by atoms with E-state index in [1.807, 2.05) is 49.6 Å². The fraction of sp³-hybridized carbons (Fsp3) is 0.118. The first kappa shape index (κ1) is 15.6. The number of hydrogen-bond donors (Lipinski definition) is 0. The van der Waals surface area contributed by atoms with Gasteiger partial charge in [0.25, 0.3) is 0 Å². The second-order valence-corrected chi connectivity index (χ2v) is 6.78. The predicted octanol–water partition coefficient (Wildman–Crippen LogP) is 4.76. The highest BCUT2D eigenvalue weighted by molar-refractivity contribution is 7.17. The molecule has 116 valence electrons. The van der Waals surface area contributed by atoms with Gasteiger partial charge in [-0.25, -0.2) is 9.78 Å². The molecule has 2 heterocycles. The van der Waals surface area contributed by atoms with Crippen LogP contribution in [0.2, 0.25) is 0 Å². The normalized spacial score (nSPS) is 11.5. The molecule has 2 aromatic heterocycles. The Morgan fingerprint density at radius 3 is 2.65 bits per heavy atom. The molecule has 0 N–H and O–H groups in total. The number of benzene rings is 1. The summed E-state index contributed by atoms with van der Waals surface area (Å²) in [6, 6.07) is 13.5. The zero-order chi connectivity index (χ0) is 16.2. The Balaban J connectivity index is 1.80. The highest BCUT2D eigenvalue weighted by Gasteiger charge is 2.13. The number of thiophene rings is 1. The van der Waals surface area contributed by atoms with Gasteiger partial charge in [0.05, 0.1) is 16.3 Å². The van der Waals surface area contributed by atoms with Gasteiger partial charge in [-0.2, -0.15) is 0 Å². The molecule has 0 amide bonds. The summed E-state index contributed by atoms with van der Waals surface area (Å²) in [6.45, 7) is 3.75. The maximum absolute atomic E-state index is 11.8. The van der Waals surface area contributed by atoms with Crippen LogP contribution in [0, 0.1) is 6.92 Å². The third-order valence-electron chi connectivity index (χ3n) is 3.13. The van der Waals surface area contributed by atoms with Crippen molar-refractivity contribution in [2.75, 3.05) is 0 Å². The van der Waals surface area contributed by atoms with Crippen LogP contribution in [-0.4, -0.2) is 16.7 Å². The van der Waals surface area contributed by atoms with Crippen molar-refractivity contribution >= 4 is 34.4 Å². The van der Waals surface area contributed by atoms with Gasteiger partial charge in [-0.1, -0.05) is 41.6 Å². The van der Waals surface area contributed by atoms with E-state index in [1.54, 1.807) is 12.1 Å². The van der Waals surface area contributed by atoms with Crippen LogP contribution >= 0.6 is 22.7 Å². The molecule has 0 spiro atoms. The van der Waals surface area contributed by atoms with Crippen molar-refractivity contribution < 1.29 is 9.63 Å². The lowest BCUT2D eigenvalue weighted by Gasteiger charge is -1.98. The van der Waals surface area contributed by atoms with Gasteiger partial charge in [0.15, 0.2) is 0 Å². The highest BCUT2D eigenvalue weighted by Crippen LogP contribution is 2.28. The van der Waals surface area contributed by atoms with Crippen molar-refractivity contribution in [3.8, 4) is 10.6 Å². The van der Waals surface area contributed by atoms with Crippen LogP contribution in [0.3, 0.4) is 0 Å². The predicted molar refractivity (Wildman–Crippen MR) is 94.2 cm³/mol. The molecule has 0 atom stereocenters. The van der Waals surface area contributed by atoms with E-state index in [4.69, 9.17) is 4.84 Å². The summed E-state index contributed by atoms with van der Waals surface area (Å²) in [7, 11) is 0. The van der Waals surface area contributed by atoms with Crippen molar-refractivity contribution in [2.24, 2.45) is 5.16 Å². The van der Waals surface area contributed by atoms with Crippen molar-refractivity contribution in [1.29, 1.82) is 0 Å². The summed E-state index contributed by atoms with van der Waals surface area (Å²) in [4.78, 5) is 22.9. The largest absolute Gasteiger partial charge is 0.375 e. The standard InChI is InChI=1S/C17H14N2O2S2/c1-11-15(23-16(18-11)13-7-4-3-5-8-13)12(2)19-21-17(20)14-9-6-10-22-14/h3-10H,1-2H3/b19-12-. The van der Waals surface area contributed by atoms with Crippen LogP contribution in [0.5, 0.6) is 0 Å². The maximum Gasteiger partial charge on any atom is 0.375 e. The van der Waals surface area contributed by atoms with E-state index in [2.05, 4.69) is 10.1 Å². The molecule has 23 heavy (non-hydrogen) atoms. The minimum absolute atomic E-state index is 0.440.